The predicted molar refractivity (Wildman–Crippen MR) is 164 cm³/mol. The van der Waals surface area contributed by atoms with E-state index in [1.165, 1.54) is 19.3 Å². The van der Waals surface area contributed by atoms with Gasteiger partial charge in [-0.2, -0.15) is 0 Å². The molecule has 218 valence electrons. The van der Waals surface area contributed by atoms with Gasteiger partial charge in [0.2, 0.25) is 5.91 Å². The molecule has 7 nitrogen and oxygen atoms in total. The lowest BCUT2D eigenvalue weighted by atomic mass is 9.84. The van der Waals surface area contributed by atoms with Crippen molar-refractivity contribution in [1.82, 2.24) is 10.6 Å². The van der Waals surface area contributed by atoms with Gasteiger partial charge in [-0.3, -0.25) is 9.59 Å². The van der Waals surface area contributed by atoms with Gasteiger partial charge in [0.25, 0.3) is 5.91 Å². The molecule has 1 unspecified atom stereocenters. The molecule has 0 saturated heterocycles. The van der Waals surface area contributed by atoms with Gasteiger partial charge in [0.15, 0.2) is 0 Å². The van der Waals surface area contributed by atoms with Gasteiger partial charge in [-0.15, -0.1) is 0 Å². The molecule has 0 heterocycles. The Morgan fingerprint density at radius 2 is 1.59 bits per heavy atom. The number of carbonyl (C=O) groups excluding carboxylic acids is 2. The summed E-state index contributed by atoms with van der Waals surface area (Å²) in [5.74, 6) is 1.64. The van der Waals surface area contributed by atoms with Crippen LogP contribution >= 0.6 is 0 Å². The second-order valence-electron chi connectivity index (χ2n) is 10.9. The van der Waals surface area contributed by atoms with Crippen LogP contribution in [-0.4, -0.2) is 38.1 Å². The van der Waals surface area contributed by atoms with Crippen LogP contribution in [0.25, 0.3) is 0 Å². The third kappa shape index (κ3) is 9.00. The number of anilines is 1. The first-order chi connectivity index (χ1) is 19.9. The van der Waals surface area contributed by atoms with Crippen molar-refractivity contribution in [2.75, 3.05) is 25.5 Å². The number of nitrogens with one attached hydrogen (secondary N) is 3. The van der Waals surface area contributed by atoms with Gasteiger partial charge in [-0.25, -0.2) is 0 Å². The van der Waals surface area contributed by atoms with Crippen molar-refractivity contribution in [3.05, 3.63) is 89.0 Å². The molecular weight excluding hydrogens is 514 g/mol. The number of hydrogen-bond donors (Lipinski definition) is 3. The molecule has 3 aromatic carbocycles. The van der Waals surface area contributed by atoms with Crippen molar-refractivity contribution < 1.29 is 19.1 Å². The summed E-state index contributed by atoms with van der Waals surface area (Å²) in [5, 5.41) is 9.39. The van der Waals surface area contributed by atoms with E-state index in [9.17, 15) is 9.59 Å². The van der Waals surface area contributed by atoms with Gasteiger partial charge in [0.05, 0.1) is 7.11 Å². The van der Waals surface area contributed by atoms with Crippen LogP contribution < -0.4 is 25.4 Å². The average Bonchev–Trinajstić information content (AvgIpc) is 2.99. The standard InChI is InChI=1S/C34H43N3O4/c1-24-20-28(21-25(2)32(24)41-23-27-12-8-5-9-13-27)33(38)37-31(22-26-10-6-4-7-11-26)34(39)36-19-18-35-29-14-16-30(40-3)17-15-29/h5,8-9,12-17,20-21,26,31,35H,4,6-7,10-11,18-19,22-23H2,1-3H3,(H,36,39)(H,37,38). The lowest BCUT2D eigenvalue weighted by molar-refractivity contribution is -0.123. The Kier molecular flexibility index (Phi) is 11.1. The van der Waals surface area contributed by atoms with Crippen molar-refractivity contribution in [3.8, 4) is 11.5 Å². The monoisotopic (exact) mass is 557 g/mol. The Bertz CT molecular complexity index is 1250. The molecule has 1 atom stereocenters. The highest BCUT2D eigenvalue weighted by Crippen LogP contribution is 2.28. The maximum Gasteiger partial charge on any atom is 0.251 e. The van der Waals surface area contributed by atoms with E-state index in [1.807, 2.05) is 80.6 Å². The summed E-state index contributed by atoms with van der Waals surface area (Å²) in [6, 6.07) is 20.8. The Labute approximate surface area is 244 Å². The van der Waals surface area contributed by atoms with E-state index in [1.54, 1.807) is 7.11 Å². The number of benzene rings is 3. The van der Waals surface area contributed by atoms with Crippen LogP contribution in [-0.2, 0) is 11.4 Å². The summed E-state index contributed by atoms with van der Waals surface area (Å²) in [5.41, 5.74) is 4.36. The average molecular weight is 558 g/mol. The molecule has 0 radical (unpaired) electrons. The maximum atomic E-state index is 13.4. The second-order valence-corrected chi connectivity index (χ2v) is 10.9. The normalized spacial score (nSPS) is 14.1. The zero-order valence-electron chi connectivity index (χ0n) is 24.5. The van der Waals surface area contributed by atoms with Gasteiger partial charge in [-0.1, -0.05) is 62.4 Å². The molecule has 1 fully saturated rings. The van der Waals surface area contributed by atoms with E-state index >= 15 is 0 Å². The fourth-order valence-electron chi connectivity index (χ4n) is 5.49. The molecule has 1 aliphatic carbocycles. The fraction of sp³-hybridized carbons (Fsp3) is 0.412. The summed E-state index contributed by atoms with van der Waals surface area (Å²) >= 11 is 0. The van der Waals surface area contributed by atoms with Gasteiger partial charge >= 0.3 is 0 Å². The zero-order valence-corrected chi connectivity index (χ0v) is 24.5. The minimum Gasteiger partial charge on any atom is -0.497 e. The minimum atomic E-state index is -0.582. The molecule has 1 aliphatic rings. The summed E-state index contributed by atoms with van der Waals surface area (Å²) in [4.78, 5) is 26.7. The molecule has 0 aromatic heterocycles. The highest BCUT2D eigenvalue weighted by atomic mass is 16.5. The van der Waals surface area contributed by atoms with Gasteiger partial charge in [0, 0.05) is 24.3 Å². The number of carbonyl (C=O) groups is 2. The van der Waals surface area contributed by atoms with E-state index < -0.39 is 6.04 Å². The molecular formula is C34H43N3O4. The van der Waals surface area contributed by atoms with E-state index in [0.717, 1.165) is 46.7 Å². The largest absolute Gasteiger partial charge is 0.497 e. The van der Waals surface area contributed by atoms with Crippen LogP contribution in [0, 0.1) is 19.8 Å². The summed E-state index contributed by atoms with van der Waals surface area (Å²) in [6.45, 7) is 5.39. The lowest BCUT2D eigenvalue weighted by Crippen LogP contribution is -2.48. The van der Waals surface area contributed by atoms with Crippen molar-refractivity contribution in [2.24, 2.45) is 5.92 Å². The van der Waals surface area contributed by atoms with Crippen LogP contribution in [0.3, 0.4) is 0 Å². The van der Waals surface area contributed by atoms with Crippen molar-refractivity contribution in [3.63, 3.8) is 0 Å². The predicted octanol–water partition coefficient (Wildman–Crippen LogP) is 6.19. The molecule has 7 heteroatoms. The summed E-state index contributed by atoms with van der Waals surface area (Å²) < 4.78 is 11.3. The number of amides is 2. The van der Waals surface area contributed by atoms with Crippen LogP contribution in [0.1, 0.15) is 65.6 Å². The first kappa shape index (κ1) is 30.0. The summed E-state index contributed by atoms with van der Waals surface area (Å²) in [6.07, 6.45) is 6.46. The molecule has 41 heavy (non-hydrogen) atoms. The lowest BCUT2D eigenvalue weighted by Gasteiger charge is -2.27. The van der Waals surface area contributed by atoms with Gasteiger partial charge in [-0.05, 0) is 79.3 Å². The first-order valence-electron chi connectivity index (χ1n) is 14.7. The van der Waals surface area contributed by atoms with Gasteiger partial charge in [0.1, 0.15) is 24.1 Å². The second kappa shape index (κ2) is 15.1. The fourth-order valence-corrected chi connectivity index (χ4v) is 5.49. The number of aryl methyl sites for hydroxylation is 2. The molecule has 0 aliphatic heterocycles. The van der Waals surface area contributed by atoms with E-state index in [4.69, 9.17) is 9.47 Å². The number of methoxy groups -OCH3 is 1. The smallest absolute Gasteiger partial charge is 0.251 e. The zero-order chi connectivity index (χ0) is 29.0. The van der Waals surface area contributed by atoms with Crippen LogP contribution in [0.4, 0.5) is 5.69 Å². The quantitative estimate of drug-likeness (QED) is 0.218. The minimum absolute atomic E-state index is 0.142. The van der Waals surface area contributed by atoms with Gasteiger partial charge < -0.3 is 25.4 Å². The SMILES string of the molecule is COc1ccc(NCCNC(=O)C(CC2CCCCC2)NC(=O)c2cc(C)c(OCc3ccccc3)c(C)c2)cc1. The first-order valence-corrected chi connectivity index (χ1v) is 14.7. The van der Waals surface area contributed by atoms with E-state index in [0.29, 0.717) is 37.6 Å². The third-order valence-corrected chi connectivity index (χ3v) is 7.71. The molecule has 1 saturated carbocycles. The number of hydrogen-bond acceptors (Lipinski definition) is 5. The Balaban J connectivity index is 1.36. The maximum absolute atomic E-state index is 13.4. The molecule has 0 bridgehead atoms. The highest BCUT2D eigenvalue weighted by Gasteiger charge is 2.26. The Morgan fingerprint density at radius 3 is 2.24 bits per heavy atom. The van der Waals surface area contributed by atoms with Crippen LogP contribution in [0.2, 0.25) is 0 Å². The van der Waals surface area contributed by atoms with Crippen molar-refractivity contribution in [2.45, 2.75) is 65.0 Å². The van der Waals surface area contributed by atoms with Crippen molar-refractivity contribution in [1.29, 1.82) is 0 Å². The Morgan fingerprint density at radius 1 is 0.902 bits per heavy atom. The topological polar surface area (TPSA) is 88.7 Å². The highest BCUT2D eigenvalue weighted by molar-refractivity contribution is 5.98. The molecule has 3 N–H and O–H groups in total. The molecule has 2 amide bonds. The van der Waals surface area contributed by atoms with E-state index in [2.05, 4.69) is 16.0 Å². The summed E-state index contributed by atoms with van der Waals surface area (Å²) in [7, 11) is 1.64. The van der Waals surface area contributed by atoms with Crippen molar-refractivity contribution >= 4 is 17.5 Å². The van der Waals surface area contributed by atoms with Crippen LogP contribution in [0.5, 0.6) is 11.5 Å². The molecule has 4 rings (SSSR count). The Hall–Kier alpha value is -4.00. The molecule has 0 spiro atoms. The molecule has 3 aromatic rings. The number of rotatable bonds is 13. The number of ether oxygens (including phenoxy) is 2. The van der Waals surface area contributed by atoms with Crippen LogP contribution in [0.15, 0.2) is 66.7 Å². The van der Waals surface area contributed by atoms with E-state index in [-0.39, 0.29) is 11.8 Å². The third-order valence-electron chi connectivity index (χ3n) is 7.71.